The molecule has 1 atom stereocenters. The second-order valence-corrected chi connectivity index (χ2v) is 7.80. The fraction of sp³-hybridized carbons (Fsp3) is 0.391. The Morgan fingerprint density at radius 2 is 2.07 bits per heavy atom. The molecule has 2 N–H and O–H groups in total. The highest BCUT2D eigenvalue weighted by molar-refractivity contribution is 6.31. The maximum atomic E-state index is 12.5. The molecule has 7 heteroatoms. The topological polar surface area (TPSA) is 66.0 Å². The third-order valence-electron chi connectivity index (χ3n) is 5.09. The van der Waals surface area contributed by atoms with Crippen molar-refractivity contribution in [2.45, 2.75) is 32.0 Å². The van der Waals surface area contributed by atoms with Crippen molar-refractivity contribution >= 4 is 23.5 Å². The lowest BCUT2D eigenvalue weighted by Gasteiger charge is -2.22. The molecule has 0 radical (unpaired) electrons. The molecule has 1 fully saturated rings. The number of ether oxygens (including phenoxy) is 1. The number of aliphatic imine (C=N–C) groups is 1. The van der Waals surface area contributed by atoms with Crippen LogP contribution in [-0.2, 0) is 17.8 Å². The molecule has 6 nitrogen and oxygen atoms in total. The van der Waals surface area contributed by atoms with Gasteiger partial charge in [-0.25, -0.2) is 0 Å². The molecule has 0 aromatic heterocycles. The normalized spacial score (nSPS) is 16.4. The van der Waals surface area contributed by atoms with Crippen LogP contribution in [0, 0.1) is 0 Å². The van der Waals surface area contributed by atoms with Crippen molar-refractivity contribution in [3.8, 4) is 0 Å². The number of amides is 1. The Morgan fingerprint density at radius 1 is 1.23 bits per heavy atom. The van der Waals surface area contributed by atoms with Crippen molar-refractivity contribution in [3.63, 3.8) is 0 Å². The van der Waals surface area contributed by atoms with E-state index in [0.29, 0.717) is 25.2 Å². The van der Waals surface area contributed by atoms with Gasteiger partial charge >= 0.3 is 0 Å². The molecule has 30 heavy (non-hydrogen) atoms. The van der Waals surface area contributed by atoms with Crippen molar-refractivity contribution < 1.29 is 9.53 Å². The van der Waals surface area contributed by atoms with Gasteiger partial charge in [-0.1, -0.05) is 41.9 Å². The maximum Gasteiger partial charge on any atom is 0.251 e. The Balaban J connectivity index is 1.54. The van der Waals surface area contributed by atoms with Crippen molar-refractivity contribution in [2.75, 3.05) is 27.2 Å². The summed E-state index contributed by atoms with van der Waals surface area (Å²) in [6.07, 6.45) is 2.20. The number of nitrogens with one attached hydrogen (secondary N) is 2. The van der Waals surface area contributed by atoms with E-state index in [0.717, 1.165) is 41.6 Å². The zero-order valence-corrected chi connectivity index (χ0v) is 18.3. The fourth-order valence-corrected chi connectivity index (χ4v) is 3.65. The van der Waals surface area contributed by atoms with Crippen LogP contribution in [0.4, 0.5) is 0 Å². The molecular formula is C23H29ClN4O2. The number of hydrogen-bond acceptors (Lipinski definition) is 3. The van der Waals surface area contributed by atoms with Crippen LogP contribution in [0.25, 0.3) is 0 Å². The first-order valence-electron chi connectivity index (χ1n) is 10.2. The van der Waals surface area contributed by atoms with Gasteiger partial charge in [-0.05, 0) is 42.2 Å². The van der Waals surface area contributed by atoms with E-state index >= 15 is 0 Å². The lowest BCUT2D eigenvalue weighted by atomic mass is 10.1. The zero-order chi connectivity index (χ0) is 21.3. The monoisotopic (exact) mass is 428 g/mol. The second kappa shape index (κ2) is 11.0. The number of rotatable bonds is 7. The highest BCUT2D eigenvalue weighted by Crippen LogP contribution is 2.16. The lowest BCUT2D eigenvalue weighted by molar-refractivity contribution is 0.0857. The molecule has 1 saturated heterocycles. The average Bonchev–Trinajstić information content (AvgIpc) is 3.28. The van der Waals surface area contributed by atoms with E-state index in [2.05, 4.69) is 15.6 Å². The minimum atomic E-state index is -0.0763. The molecule has 1 unspecified atom stereocenters. The van der Waals surface area contributed by atoms with Gasteiger partial charge < -0.3 is 20.3 Å². The molecule has 2 aromatic carbocycles. The van der Waals surface area contributed by atoms with Gasteiger partial charge in [0.25, 0.3) is 5.91 Å². The predicted molar refractivity (Wildman–Crippen MR) is 121 cm³/mol. The summed E-state index contributed by atoms with van der Waals surface area (Å²) in [5.41, 5.74) is 2.69. The van der Waals surface area contributed by atoms with Crippen molar-refractivity contribution in [1.29, 1.82) is 0 Å². The summed E-state index contributed by atoms with van der Waals surface area (Å²) in [7, 11) is 3.72. The summed E-state index contributed by atoms with van der Waals surface area (Å²) in [6.45, 7) is 2.55. The Hall–Kier alpha value is -2.57. The summed E-state index contributed by atoms with van der Waals surface area (Å²) in [5.74, 6) is 0.677. The Morgan fingerprint density at radius 3 is 2.80 bits per heavy atom. The number of halogens is 1. The van der Waals surface area contributed by atoms with Crippen LogP contribution < -0.4 is 10.6 Å². The predicted octanol–water partition coefficient (Wildman–Crippen LogP) is 3.46. The summed E-state index contributed by atoms with van der Waals surface area (Å²) < 4.78 is 5.56. The summed E-state index contributed by atoms with van der Waals surface area (Å²) in [4.78, 5) is 18.8. The van der Waals surface area contributed by atoms with Crippen LogP contribution in [0.2, 0.25) is 5.02 Å². The molecular weight excluding hydrogens is 400 g/mol. The number of hydrogen-bond donors (Lipinski definition) is 2. The van der Waals surface area contributed by atoms with Gasteiger partial charge in [0.1, 0.15) is 0 Å². The SMILES string of the molecule is CN=C(NCc1cccc(C(=O)NCC2CCCO2)c1)N(C)Cc1ccccc1Cl. The molecule has 1 aliphatic rings. The second-order valence-electron chi connectivity index (χ2n) is 7.39. The van der Waals surface area contributed by atoms with E-state index in [1.807, 2.05) is 60.5 Å². The molecule has 1 amide bonds. The van der Waals surface area contributed by atoms with Crippen LogP contribution in [-0.4, -0.2) is 50.1 Å². The van der Waals surface area contributed by atoms with Gasteiger partial charge in [0.15, 0.2) is 5.96 Å². The van der Waals surface area contributed by atoms with Gasteiger partial charge in [-0.2, -0.15) is 0 Å². The summed E-state index contributed by atoms with van der Waals surface area (Å²) >= 11 is 6.27. The molecule has 0 bridgehead atoms. The first-order valence-corrected chi connectivity index (χ1v) is 10.6. The zero-order valence-electron chi connectivity index (χ0n) is 17.5. The van der Waals surface area contributed by atoms with E-state index in [-0.39, 0.29) is 12.0 Å². The first-order chi connectivity index (χ1) is 14.6. The molecule has 2 aromatic rings. The standard InChI is InChI=1S/C23H29ClN4O2/c1-25-23(28(2)16-19-8-3-4-11-21(19)24)27-14-17-7-5-9-18(13-17)22(29)26-15-20-10-6-12-30-20/h3-5,7-9,11,13,20H,6,10,12,14-16H2,1-2H3,(H,25,27)(H,26,29). The van der Waals surface area contributed by atoms with Crippen molar-refractivity contribution in [2.24, 2.45) is 4.99 Å². The number of carbonyl (C=O) groups is 1. The number of nitrogens with zero attached hydrogens (tertiary/aromatic N) is 2. The van der Waals surface area contributed by atoms with Crippen LogP contribution in [0.1, 0.15) is 34.3 Å². The summed E-state index contributed by atoms with van der Waals surface area (Å²) in [5, 5.41) is 7.05. The van der Waals surface area contributed by atoms with Crippen LogP contribution >= 0.6 is 11.6 Å². The van der Waals surface area contributed by atoms with Gasteiger partial charge in [-0.15, -0.1) is 0 Å². The van der Waals surface area contributed by atoms with Crippen LogP contribution in [0.3, 0.4) is 0 Å². The third kappa shape index (κ3) is 6.21. The van der Waals surface area contributed by atoms with E-state index < -0.39 is 0 Å². The Bertz CT molecular complexity index is 881. The quantitative estimate of drug-likeness (QED) is 0.523. The van der Waals surface area contributed by atoms with Crippen LogP contribution in [0.15, 0.2) is 53.5 Å². The van der Waals surface area contributed by atoms with E-state index in [1.54, 1.807) is 7.05 Å². The molecule has 0 spiro atoms. The maximum absolute atomic E-state index is 12.5. The third-order valence-corrected chi connectivity index (χ3v) is 5.46. The molecule has 1 heterocycles. The lowest BCUT2D eigenvalue weighted by Crippen LogP contribution is -2.38. The van der Waals surface area contributed by atoms with Crippen molar-refractivity contribution in [3.05, 3.63) is 70.2 Å². The Kier molecular flexibility index (Phi) is 8.11. The molecule has 3 rings (SSSR count). The molecule has 0 saturated carbocycles. The van der Waals surface area contributed by atoms with Gasteiger partial charge in [0.2, 0.25) is 0 Å². The van der Waals surface area contributed by atoms with Crippen LogP contribution in [0.5, 0.6) is 0 Å². The van der Waals surface area contributed by atoms with Gasteiger partial charge in [0, 0.05) is 50.9 Å². The largest absolute Gasteiger partial charge is 0.376 e. The molecule has 1 aliphatic heterocycles. The fourth-order valence-electron chi connectivity index (χ4n) is 3.46. The smallest absolute Gasteiger partial charge is 0.251 e. The van der Waals surface area contributed by atoms with Gasteiger partial charge in [0.05, 0.1) is 6.10 Å². The van der Waals surface area contributed by atoms with E-state index in [1.165, 1.54) is 0 Å². The highest BCUT2D eigenvalue weighted by Gasteiger charge is 2.17. The minimum absolute atomic E-state index is 0.0763. The number of benzene rings is 2. The summed E-state index contributed by atoms with van der Waals surface area (Å²) in [6, 6.07) is 15.4. The first kappa shape index (κ1) is 22.1. The molecule has 160 valence electrons. The average molecular weight is 429 g/mol. The molecule has 0 aliphatic carbocycles. The highest BCUT2D eigenvalue weighted by atomic mass is 35.5. The number of guanidine groups is 1. The van der Waals surface area contributed by atoms with E-state index in [4.69, 9.17) is 16.3 Å². The van der Waals surface area contributed by atoms with E-state index in [9.17, 15) is 4.79 Å². The minimum Gasteiger partial charge on any atom is -0.376 e. The number of carbonyl (C=O) groups excluding carboxylic acids is 1. The van der Waals surface area contributed by atoms with Crippen molar-refractivity contribution in [1.82, 2.24) is 15.5 Å². The van der Waals surface area contributed by atoms with Gasteiger partial charge in [-0.3, -0.25) is 9.79 Å². The Labute approximate surface area is 183 Å².